The van der Waals surface area contributed by atoms with Crippen LogP contribution in [0.3, 0.4) is 0 Å². The van der Waals surface area contributed by atoms with Crippen LogP contribution in [-0.2, 0) is 14.3 Å². The molecule has 0 saturated heterocycles. The maximum atomic E-state index is 12.6. The molecule has 3 rings (SSSR count). The molecular formula is C18H20O5. The van der Waals surface area contributed by atoms with Crippen molar-refractivity contribution in [1.29, 1.82) is 0 Å². The van der Waals surface area contributed by atoms with Gasteiger partial charge < -0.3 is 14.6 Å². The minimum atomic E-state index is -0.343. The van der Waals surface area contributed by atoms with E-state index in [2.05, 4.69) is 0 Å². The predicted molar refractivity (Wildman–Crippen MR) is 83.2 cm³/mol. The zero-order valence-corrected chi connectivity index (χ0v) is 13.5. The number of Topliss-reactive ketones (excluding diaryl/α,β-unsaturated/α-hetero) is 1. The number of ketones is 1. The number of benzene rings is 1. The van der Waals surface area contributed by atoms with Crippen LogP contribution in [0.25, 0.3) is 0 Å². The standard InChI is InChI=1S/C18H20O5/c1-18(2)8-13(20)17-11(7-16(21)23-15(17)9-18)10-4-5-12(19)14(6-10)22-3/h4-6,11,19H,7-9H2,1-3H3/t11-/m0/s1. The lowest BCUT2D eigenvalue weighted by Crippen LogP contribution is -2.33. The Kier molecular flexibility index (Phi) is 3.66. The number of phenolic OH excluding ortho intramolecular Hbond substituents is 1. The number of carbonyl (C=O) groups is 2. The van der Waals surface area contributed by atoms with Crippen LogP contribution in [0.4, 0.5) is 0 Å². The zero-order chi connectivity index (χ0) is 16.8. The van der Waals surface area contributed by atoms with E-state index in [1.165, 1.54) is 13.2 Å². The Hall–Kier alpha value is -2.30. The van der Waals surface area contributed by atoms with Gasteiger partial charge in [0, 0.05) is 24.3 Å². The highest BCUT2D eigenvalue weighted by Crippen LogP contribution is 2.46. The smallest absolute Gasteiger partial charge is 0.311 e. The fourth-order valence-electron chi connectivity index (χ4n) is 3.40. The second-order valence-corrected chi connectivity index (χ2v) is 6.94. The summed E-state index contributed by atoms with van der Waals surface area (Å²) in [5.74, 6) is 0.211. The van der Waals surface area contributed by atoms with Crippen LogP contribution in [-0.4, -0.2) is 24.0 Å². The Balaban J connectivity index is 2.08. The summed E-state index contributed by atoms with van der Waals surface area (Å²) >= 11 is 0. The van der Waals surface area contributed by atoms with E-state index < -0.39 is 0 Å². The van der Waals surface area contributed by atoms with Gasteiger partial charge in [0.05, 0.1) is 13.5 Å². The molecule has 0 unspecified atom stereocenters. The van der Waals surface area contributed by atoms with Crippen molar-refractivity contribution < 1.29 is 24.2 Å². The number of allylic oxidation sites excluding steroid dienone is 2. The molecule has 1 atom stereocenters. The molecule has 0 spiro atoms. The topological polar surface area (TPSA) is 72.8 Å². The third kappa shape index (κ3) is 2.83. The number of hydrogen-bond donors (Lipinski definition) is 1. The van der Waals surface area contributed by atoms with Gasteiger partial charge >= 0.3 is 5.97 Å². The summed E-state index contributed by atoms with van der Waals surface area (Å²) in [5.41, 5.74) is 1.17. The van der Waals surface area contributed by atoms with Gasteiger partial charge in [-0.1, -0.05) is 19.9 Å². The first kappa shape index (κ1) is 15.6. The Labute approximate surface area is 134 Å². The fraction of sp³-hybridized carbons (Fsp3) is 0.444. The van der Waals surface area contributed by atoms with E-state index in [0.717, 1.165) is 5.56 Å². The van der Waals surface area contributed by atoms with Crippen molar-refractivity contribution >= 4 is 11.8 Å². The third-order valence-electron chi connectivity index (χ3n) is 4.44. The summed E-state index contributed by atoms with van der Waals surface area (Å²) in [6.07, 6.45) is 1.14. The van der Waals surface area contributed by atoms with Crippen LogP contribution in [0.15, 0.2) is 29.5 Å². The molecule has 0 bridgehead atoms. The molecular weight excluding hydrogens is 296 g/mol. The van der Waals surface area contributed by atoms with Crippen molar-refractivity contribution in [2.45, 2.75) is 39.0 Å². The monoisotopic (exact) mass is 316 g/mol. The second-order valence-electron chi connectivity index (χ2n) is 6.94. The Morgan fingerprint density at radius 3 is 2.70 bits per heavy atom. The first-order valence-electron chi connectivity index (χ1n) is 7.64. The predicted octanol–water partition coefficient (Wildman–Crippen LogP) is 3.07. The van der Waals surface area contributed by atoms with Gasteiger partial charge in [0.25, 0.3) is 0 Å². The third-order valence-corrected chi connectivity index (χ3v) is 4.44. The number of hydrogen-bond acceptors (Lipinski definition) is 5. The summed E-state index contributed by atoms with van der Waals surface area (Å²) in [4.78, 5) is 24.6. The van der Waals surface area contributed by atoms with Crippen LogP contribution in [0.2, 0.25) is 0 Å². The lowest BCUT2D eigenvalue weighted by atomic mass is 9.71. The quantitative estimate of drug-likeness (QED) is 0.849. The molecule has 5 heteroatoms. The van der Waals surface area contributed by atoms with Crippen LogP contribution in [0.5, 0.6) is 11.5 Å². The van der Waals surface area contributed by atoms with Crippen LogP contribution in [0.1, 0.15) is 44.6 Å². The van der Waals surface area contributed by atoms with E-state index in [4.69, 9.17) is 9.47 Å². The van der Waals surface area contributed by atoms with Crippen LogP contribution < -0.4 is 4.74 Å². The maximum Gasteiger partial charge on any atom is 0.311 e. The van der Waals surface area contributed by atoms with E-state index >= 15 is 0 Å². The second kappa shape index (κ2) is 5.41. The molecule has 2 aliphatic rings. The number of methoxy groups -OCH3 is 1. The van der Waals surface area contributed by atoms with Gasteiger partial charge in [-0.05, 0) is 23.1 Å². The molecule has 0 fully saturated rings. The number of carbonyl (C=O) groups excluding carboxylic acids is 2. The Morgan fingerprint density at radius 2 is 2.00 bits per heavy atom. The highest BCUT2D eigenvalue weighted by molar-refractivity contribution is 6.00. The van der Waals surface area contributed by atoms with Gasteiger partial charge in [-0.25, -0.2) is 0 Å². The molecule has 23 heavy (non-hydrogen) atoms. The number of esters is 1. The average Bonchev–Trinajstić information content (AvgIpc) is 2.45. The van der Waals surface area contributed by atoms with E-state index in [0.29, 0.717) is 29.9 Å². The van der Waals surface area contributed by atoms with Crippen molar-refractivity contribution in [2.75, 3.05) is 7.11 Å². The summed E-state index contributed by atoms with van der Waals surface area (Å²) in [5, 5.41) is 9.74. The van der Waals surface area contributed by atoms with Crippen molar-refractivity contribution in [3.63, 3.8) is 0 Å². The van der Waals surface area contributed by atoms with E-state index in [9.17, 15) is 14.7 Å². The Morgan fingerprint density at radius 1 is 1.26 bits per heavy atom. The summed E-state index contributed by atoms with van der Waals surface area (Å²) in [6.45, 7) is 3.99. The van der Waals surface area contributed by atoms with Gasteiger partial charge in [0.1, 0.15) is 5.76 Å². The van der Waals surface area contributed by atoms with Gasteiger partial charge in [0.2, 0.25) is 0 Å². The highest BCUT2D eigenvalue weighted by atomic mass is 16.5. The molecule has 0 aromatic heterocycles. The van der Waals surface area contributed by atoms with Crippen molar-refractivity contribution in [3.05, 3.63) is 35.1 Å². The summed E-state index contributed by atoms with van der Waals surface area (Å²) in [7, 11) is 1.47. The normalized spacial score (nSPS) is 23.3. The average molecular weight is 316 g/mol. The lowest BCUT2D eigenvalue weighted by molar-refractivity contribution is -0.142. The number of rotatable bonds is 2. The van der Waals surface area contributed by atoms with E-state index in [-0.39, 0.29) is 35.3 Å². The molecule has 1 heterocycles. The molecule has 1 aromatic rings. The van der Waals surface area contributed by atoms with E-state index in [1.54, 1.807) is 12.1 Å². The van der Waals surface area contributed by atoms with Gasteiger partial charge in [0.15, 0.2) is 17.3 Å². The van der Waals surface area contributed by atoms with Gasteiger partial charge in [-0.2, -0.15) is 0 Å². The molecule has 1 aliphatic carbocycles. The first-order valence-corrected chi connectivity index (χ1v) is 7.64. The molecule has 1 aromatic carbocycles. The molecule has 0 amide bonds. The molecule has 0 saturated carbocycles. The maximum absolute atomic E-state index is 12.6. The molecule has 1 N–H and O–H groups in total. The molecule has 0 radical (unpaired) electrons. The Bertz CT molecular complexity index is 714. The summed E-state index contributed by atoms with van der Waals surface area (Å²) < 4.78 is 10.5. The molecule has 5 nitrogen and oxygen atoms in total. The fourth-order valence-corrected chi connectivity index (χ4v) is 3.40. The number of ether oxygens (including phenoxy) is 2. The van der Waals surface area contributed by atoms with Crippen molar-refractivity contribution in [2.24, 2.45) is 5.41 Å². The SMILES string of the molecule is COc1cc([C@@H]2CC(=O)OC3=C2C(=O)CC(C)(C)C3)ccc1O. The van der Waals surface area contributed by atoms with Crippen LogP contribution >= 0.6 is 0 Å². The molecule has 122 valence electrons. The summed E-state index contributed by atoms with van der Waals surface area (Å²) in [6, 6.07) is 4.92. The first-order chi connectivity index (χ1) is 10.8. The lowest BCUT2D eigenvalue weighted by Gasteiger charge is -2.36. The van der Waals surface area contributed by atoms with Crippen molar-refractivity contribution in [3.8, 4) is 11.5 Å². The zero-order valence-electron chi connectivity index (χ0n) is 13.5. The highest BCUT2D eigenvalue weighted by Gasteiger charge is 2.42. The number of aromatic hydroxyl groups is 1. The van der Waals surface area contributed by atoms with Gasteiger partial charge in [-0.15, -0.1) is 0 Å². The van der Waals surface area contributed by atoms with Gasteiger partial charge in [-0.3, -0.25) is 9.59 Å². The van der Waals surface area contributed by atoms with E-state index in [1.807, 2.05) is 13.8 Å². The van der Waals surface area contributed by atoms with Crippen LogP contribution in [0, 0.1) is 5.41 Å². The minimum Gasteiger partial charge on any atom is -0.504 e. The largest absolute Gasteiger partial charge is 0.504 e. The minimum absolute atomic E-state index is 0.0277. The van der Waals surface area contributed by atoms with Crippen molar-refractivity contribution in [1.82, 2.24) is 0 Å². The number of phenols is 1. The molecule has 1 aliphatic heterocycles.